The number of hydrogen-bond donors (Lipinski definition) is 1. The molecule has 0 saturated carbocycles. The first kappa shape index (κ1) is 10.3. The van der Waals surface area contributed by atoms with Crippen LogP contribution in [0.3, 0.4) is 0 Å². The number of methoxy groups -OCH3 is 2. The van der Waals surface area contributed by atoms with Crippen molar-refractivity contribution in [3.05, 3.63) is 23.5 Å². The van der Waals surface area contributed by atoms with Crippen LogP contribution < -0.4 is 4.74 Å². The molecule has 76 valence electrons. The summed E-state index contributed by atoms with van der Waals surface area (Å²) in [7, 11) is 2.39. The standard InChI is InChI=1S/C9H9FO4/c1-13-8-6(10)3-5(4-7(8)11)9(12)14-2/h3-4,11H,1-2H3. The van der Waals surface area contributed by atoms with Crippen molar-refractivity contribution in [2.45, 2.75) is 0 Å². The number of rotatable bonds is 2. The highest BCUT2D eigenvalue weighted by Crippen LogP contribution is 2.30. The SMILES string of the molecule is COC(=O)c1cc(O)c(OC)c(F)c1. The molecule has 0 fully saturated rings. The molecular weight excluding hydrogens is 191 g/mol. The maximum absolute atomic E-state index is 13.1. The Kier molecular flexibility index (Phi) is 2.91. The van der Waals surface area contributed by atoms with E-state index in [-0.39, 0.29) is 11.3 Å². The quantitative estimate of drug-likeness (QED) is 0.731. The molecule has 0 aliphatic carbocycles. The van der Waals surface area contributed by atoms with Gasteiger partial charge in [-0.1, -0.05) is 0 Å². The summed E-state index contributed by atoms with van der Waals surface area (Å²) in [5.41, 5.74) is -0.0664. The third-order valence-electron chi connectivity index (χ3n) is 1.65. The van der Waals surface area contributed by atoms with Crippen LogP contribution >= 0.6 is 0 Å². The summed E-state index contributed by atoms with van der Waals surface area (Å²) < 4.78 is 22.0. The van der Waals surface area contributed by atoms with Crippen molar-refractivity contribution in [2.24, 2.45) is 0 Å². The Hall–Kier alpha value is -1.78. The normalized spacial score (nSPS) is 9.64. The van der Waals surface area contributed by atoms with Crippen LogP contribution in [0, 0.1) is 5.82 Å². The van der Waals surface area contributed by atoms with E-state index < -0.39 is 17.5 Å². The number of carbonyl (C=O) groups excluding carboxylic acids is 1. The van der Waals surface area contributed by atoms with E-state index in [1.807, 2.05) is 0 Å². The molecule has 0 aromatic heterocycles. The Morgan fingerprint density at radius 3 is 2.50 bits per heavy atom. The first-order valence-electron chi connectivity index (χ1n) is 3.75. The molecule has 1 aromatic rings. The lowest BCUT2D eigenvalue weighted by Gasteiger charge is -2.06. The van der Waals surface area contributed by atoms with Gasteiger partial charge in [-0.3, -0.25) is 0 Å². The molecule has 0 aliphatic heterocycles. The fourth-order valence-electron chi connectivity index (χ4n) is 1.02. The van der Waals surface area contributed by atoms with Gasteiger partial charge in [-0.25, -0.2) is 9.18 Å². The predicted molar refractivity (Wildman–Crippen MR) is 46.0 cm³/mol. The Morgan fingerprint density at radius 1 is 1.43 bits per heavy atom. The minimum atomic E-state index is -0.812. The predicted octanol–water partition coefficient (Wildman–Crippen LogP) is 1.33. The van der Waals surface area contributed by atoms with Crippen molar-refractivity contribution in [1.82, 2.24) is 0 Å². The summed E-state index contributed by atoms with van der Waals surface area (Å²) in [6, 6.07) is 2.01. The highest BCUT2D eigenvalue weighted by molar-refractivity contribution is 5.90. The van der Waals surface area contributed by atoms with Gasteiger partial charge in [0.15, 0.2) is 17.3 Å². The molecule has 5 heteroatoms. The molecule has 1 rings (SSSR count). The van der Waals surface area contributed by atoms with Crippen molar-refractivity contribution in [3.8, 4) is 11.5 Å². The Morgan fingerprint density at radius 2 is 2.07 bits per heavy atom. The molecule has 0 atom stereocenters. The van der Waals surface area contributed by atoms with Crippen molar-refractivity contribution in [1.29, 1.82) is 0 Å². The molecule has 14 heavy (non-hydrogen) atoms. The van der Waals surface area contributed by atoms with E-state index in [9.17, 15) is 14.3 Å². The monoisotopic (exact) mass is 200 g/mol. The van der Waals surface area contributed by atoms with Crippen LogP contribution in [-0.4, -0.2) is 25.3 Å². The third-order valence-corrected chi connectivity index (χ3v) is 1.65. The Labute approximate surface area is 79.9 Å². The van der Waals surface area contributed by atoms with Crippen LogP contribution in [0.25, 0.3) is 0 Å². The molecule has 1 aromatic carbocycles. The second-order valence-electron chi connectivity index (χ2n) is 2.50. The van der Waals surface area contributed by atoms with Crippen molar-refractivity contribution >= 4 is 5.97 Å². The Balaban J connectivity index is 3.20. The fourth-order valence-corrected chi connectivity index (χ4v) is 1.02. The van der Waals surface area contributed by atoms with E-state index in [1.54, 1.807) is 0 Å². The van der Waals surface area contributed by atoms with Gasteiger partial charge in [0.05, 0.1) is 19.8 Å². The minimum Gasteiger partial charge on any atom is -0.504 e. The highest BCUT2D eigenvalue weighted by Gasteiger charge is 2.14. The van der Waals surface area contributed by atoms with Crippen molar-refractivity contribution in [2.75, 3.05) is 14.2 Å². The number of carbonyl (C=O) groups is 1. The average molecular weight is 200 g/mol. The Bertz CT molecular complexity index is 339. The summed E-state index contributed by atoms with van der Waals surface area (Å²) in [5, 5.41) is 9.24. The van der Waals surface area contributed by atoms with Gasteiger partial charge in [-0.15, -0.1) is 0 Å². The second-order valence-corrected chi connectivity index (χ2v) is 2.50. The van der Waals surface area contributed by atoms with Gasteiger partial charge in [0, 0.05) is 0 Å². The smallest absolute Gasteiger partial charge is 0.338 e. The average Bonchev–Trinajstić information content (AvgIpc) is 2.16. The summed E-state index contributed by atoms with van der Waals surface area (Å²) >= 11 is 0. The molecule has 0 aliphatic rings. The van der Waals surface area contributed by atoms with Crippen LogP contribution in [0.1, 0.15) is 10.4 Å². The fraction of sp³-hybridized carbons (Fsp3) is 0.222. The second kappa shape index (κ2) is 3.95. The molecule has 0 spiro atoms. The number of phenolic OH excluding ortho intramolecular Hbond substituents is 1. The van der Waals surface area contributed by atoms with Gasteiger partial charge in [0.25, 0.3) is 0 Å². The van der Waals surface area contributed by atoms with Gasteiger partial charge in [0.2, 0.25) is 0 Å². The molecule has 0 heterocycles. The summed E-state index contributed by atoms with van der Waals surface area (Å²) in [4.78, 5) is 11.0. The molecule has 0 amide bonds. The number of halogens is 1. The first-order chi connectivity index (χ1) is 6.60. The summed E-state index contributed by atoms with van der Waals surface area (Å²) in [6.45, 7) is 0. The van der Waals surface area contributed by atoms with E-state index in [2.05, 4.69) is 9.47 Å². The van der Waals surface area contributed by atoms with Crippen LogP contribution in [0.15, 0.2) is 12.1 Å². The minimum absolute atomic E-state index is 0.0664. The number of aromatic hydroxyl groups is 1. The molecule has 0 bridgehead atoms. The van der Waals surface area contributed by atoms with Crippen LogP contribution in [0.4, 0.5) is 4.39 Å². The van der Waals surface area contributed by atoms with Crippen LogP contribution in [0.5, 0.6) is 11.5 Å². The maximum atomic E-state index is 13.1. The number of esters is 1. The topological polar surface area (TPSA) is 55.8 Å². The summed E-state index contributed by atoms with van der Waals surface area (Å²) in [5.74, 6) is -2.26. The van der Waals surface area contributed by atoms with Crippen molar-refractivity contribution < 1.29 is 23.8 Å². The maximum Gasteiger partial charge on any atom is 0.338 e. The number of hydrogen-bond acceptors (Lipinski definition) is 4. The zero-order chi connectivity index (χ0) is 10.7. The largest absolute Gasteiger partial charge is 0.504 e. The molecular formula is C9H9FO4. The molecule has 0 unspecified atom stereocenters. The van der Waals surface area contributed by atoms with E-state index in [0.29, 0.717) is 0 Å². The lowest BCUT2D eigenvalue weighted by atomic mass is 10.2. The number of phenols is 1. The number of ether oxygens (including phenoxy) is 2. The van der Waals surface area contributed by atoms with Gasteiger partial charge in [0.1, 0.15) is 0 Å². The molecule has 4 nitrogen and oxygen atoms in total. The summed E-state index contributed by atoms with van der Waals surface area (Å²) in [6.07, 6.45) is 0. The van der Waals surface area contributed by atoms with Gasteiger partial charge in [-0.05, 0) is 12.1 Å². The zero-order valence-corrected chi connectivity index (χ0v) is 7.70. The van der Waals surface area contributed by atoms with E-state index in [1.165, 1.54) is 14.2 Å². The third kappa shape index (κ3) is 1.76. The first-order valence-corrected chi connectivity index (χ1v) is 3.75. The zero-order valence-electron chi connectivity index (χ0n) is 7.70. The molecule has 0 saturated heterocycles. The molecule has 0 radical (unpaired) electrons. The van der Waals surface area contributed by atoms with Crippen LogP contribution in [0.2, 0.25) is 0 Å². The van der Waals surface area contributed by atoms with E-state index >= 15 is 0 Å². The van der Waals surface area contributed by atoms with Gasteiger partial charge < -0.3 is 14.6 Å². The van der Waals surface area contributed by atoms with Gasteiger partial charge >= 0.3 is 5.97 Å². The van der Waals surface area contributed by atoms with Crippen molar-refractivity contribution in [3.63, 3.8) is 0 Å². The lowest BCUT2D eigenvalue weighted by molar-refractivity contribution is 0.0599. The lowest BCUT2D eigenvalue weighted by Crippen LogP contribution is -2.02. The van der Waals surface area contributed by atoms with Crippen LogP contribution in [-0.2, 0) is 4.74 Å². The van der Waals surface area contributed by atoms with Gasteiger partial charge in [-0.2, -0.15) is 0 Å². The highest BCUT2D eigenvalue weighted by atomic mass is 19.1. The number of benzene rings is 1. The van der Waals surface area contributed by atoms with E-state index in [4.69, 9.17) is 0 Å². The molecule has 1 N–H and O–H groups in total. The van der Waals surface area contributed by atoms with E-state index in [0.717, 1.165) is 12.1 Å².